The number of amides is 1. The van der Waals surface area contributed by atoms with Crippen LogP contribution in [0, 0.1) is 17.6 Å². The summed E-state index contributed by atoms with van der Waals surface area (Å²) in [6.07, 6.45) is 1.40. The summed E-state index contributed by atoms with van der Waals surface area (Å²) in [4.78, 5) is 13.7. The maximum Gasteiger partial charge on any atom is 0.255 e. The summed E-state index contributed by atoms with van der Waals surface area (Å²) in [5.41, 5.74) is -0.0250. The zero-order valence-electron chi connectivity index (χ0n) is 10.2. The number of hydrogen-bond acceptors (Lipinski definition) is 2. The largest absolute Gasteiger partial charge is 0.396 e. The van der Waals surface area contributed by atoms with Gasteiger partial charge in [0.2, 0.25) is 0 Å². The van der Waals surface area contributed by atoms with Crippen molar-refractivity contribution >= 4 is 17.5 Å². The van der Waals surface area contributed by atoms with E-state index in [-0.39, 0.29) is 23.1 Å². The molecule has 1 heterocycles. The molecule has 0 aromatic heterocycles. The molecule has 1 aliphatic rings. The lowest BCUT2D eigenvalue weighted by Gasteiger charge is -2.31. The van der Waals surface area contributed by atoms with E-state index in [1.54, 1.807) is 4.90 Å². The third kappa shape index (κ3) is 3.04. The predicted molar refractivity (Wildman–Crippen MR) is 67.1 cm³/mol. The molecule has 0 bridgehead atoms. The first-order valence-corrected chi connectivity index (χ1v) is 6.45. The number of likely N-dealkylation sites (tertiary alicyclic amines) is 1. The van der Waals surface area contributed by atoms with Gasteiger partial charge in [-0.05, 0) is 30.9 Å². The standard InChI is InChI=1S/C13H14ClF2NO2/c14-10-6-12(16)11(15)5-9(10)13(19)17-3-1-8(7-18)2-4-17/h5-6,8,18H,1-4,7H2. The van der Waals surface area contributed by atoms with Crippen LogP contribution in [0.15, 0.2) is 12.1 Å². The highest BCUT2D eigenvalue weighted by atomic mass is 35.5. The highest BCUT2D eigenvalue weighted by Crippen LogP contribution is 2.24. The molecule has 0 radical (unpaired) electrons. The molecule has 1 aromatic carbocycles. The van der Waals surface area contributed by atoms with E-state index in [4.69, 9.17) is 16.7 Å². The average molecular weight is 290 g/mol. The molecule has 0 unspecified atom stereocenters. The van der Waals surface area contributed by atoms with Gasteiger partial charge in [-0.3, -0.25) is 4.79 Å². The van der Waals surface area contributed by atoms with E-state index in [0.29, 0.717) is 25.9 Å². The van der Waals surface area contributed by atoms with Gasteiger partial charge in [-0.2, -0.15) is 0 Å². The summed E-state index contributed by atoms with van der Waals surface area (Å²) in [7, 11) is 0. The molecule has 1 N–H and O–H groups in total. The number of hydrogen-bond donors (Lipinski definition) is 1. The van der Waals surface area contributed by atoms with Crippen LogP contribution in [0.3, 0.4) is 0 Å². The first-order valence-electron chi connectivity index (χ1n) is 6.07. The van der Waals surface area contributed by atoms with E-state index < -0.39 is 17.5 Å². The summed E-state index contributed by atoms with van der Waals surface area (Å²) in [6, 6.07) is 1.64. The second-order valence-electron chi connectivity index (χ2n) is 4.66. The van der Waals surface area contributed by atoms with Crippen LogP contribution in [0.4, 0.5) is 8.78 Å². The van der Waals surface area contributed by atoms with Gasteiger partial charge >= 0.3 is 0 Å². The topological polar surface area (TPSA) is 40.5 Å². The molecule has 0 atom stereocenters. The zero-order valence-corrected chi connectivity index (χ0v) is 11.0. The molecule has 0 saturated carbocycles. The molecular formula is C13H14ClF2NO2. The summed E-state index contributed by atoms with van der Waals surface area (Å²) in [5, 5.41) is 8.94. The highest BCUT2D eigenvalue weighted by molar-refractivity contribution is 6.33. The number of carbonyl (C=O) groups excluding carboxylic acids is 1. The maximum atomic E-state index is 13.2. The minimum absolute atomic E-state index is 0.0250. The lowest BCUT2D eigenvalue weighted by atomic mass is 9.97. The fourth-order valence-corrected chi connectivity index (χ4v) is 2.41. The monoisotopic (exact) mass is 289 g/mol. The Kier molecular flexibility index (Phi) is 4.37. The van der Waals surface area contributed by atoms with Crippen molar-refractivity contribution in [3.05, 3.63) is 34.4 Å². The van der Waals surface area contributed by atoms with Gasteiger partial charge in [0.05, 0.1) is 10.6 Å². The molecule has 6 heteroatoms. The first kappa shape index (κ1) is 14.2. The Morgan fingerprint density at radius 2 is 1.89 bits per heavy atom. The minimum Gasteiger partial charge on any atom is -0.396 e. The SMILES string of the molecule is O=C(c1cc(F)c(F)cc1Cl)N1CCC(CO)CC1. The van der Waals surface area contributed by atoms with Crippen LogP contribution in [0.25, 0.3) is 0 Å². The number of benzene rings is 1. The molecule has 2 rings (SSSR count). The van der Waals surface area contributed by atoms with Crippen molar-refractivity contribution in [2.75, 3.05) is 19.7 Å². The molecular weight excluding hydrogens is 276 g/mol. The number of aliphatic hydroxyl groups excluding tert-OH is 1. The molecule has 1 fully saturated rings. The normalized spacial score (nSPS) is 16.7. The van der Waals surface area contributed by atoms with Gasteiger partial charge in [0.15, 0.2) is 11.6 Å². The van der Waals surface area contributed by atoms with Crippen LogP contribution in [-0.2, 0) is 0 Å². The number of carbonyl (C=O) groups is 1. The van der Waals surface area contributed by atoms with Crippen molar-refractivity contribution in [3.63, 3.8) is 0 Å². The molecule has 1 aliphatic heterocycles. The van der Waals surface area contributed by atoms with Gasteiger partial charge in [-0.1, -0.05) is 11.6 Å². The smallest absolute Gasteiger partial charge is 0.255 e. The fraction of sp³-hybridized carbons (Fsp3) is 0.462. The zero-order chi connectivity index (χ0) is 14.0. The Labute approximate surface area is 114 Å². The van der Waals surface area contributed by atoms with Crippen molar-refractivity contribution < 1.29 is 18.7 Å². The summed E-state index contributed by atoms with van der Waals surface area (Å²) >= 11 is 5.78. The molecule has 104 valence electrons. The van der Waals surface area contributed by atoms with Gasteiger partial charge in [-0.15, -0.1) is 0 Å². The number of nitrogens with zero attached hydrogens (tertiary/aromatic N) is 1. The molecule has 0 spiro atoms. The van der Waals surface area contributed by atoms with Crippen molar-refractivity contribution in [1.29, 1.82) is 0 Å². The van der Waals surface area contributed by atoms with E-state index in [9.17, 15) is 13.6 Å². The number of aliphatic hydroxyl groups is 1. The van der Waals surface area contributed by atoms with Gasteiger partial charge in [-0.25, -0.2) is 8.78 Å². The lowest BCUT2D eigenvalue weighted by molar-refractivity contribution is 0.0650. The van der Waals surface area contributed by atoms with Crippen molar-refractivity contribution in [1.82, 2.24) is 4.90 Å². The molecule has 1 aromatic rings. The molecule has 3 nitrogen and oxygen atoms in total. The molecule has 1 saturated heterocycles. The lowest BCUT2D eigenvalue weighted by Crippen LogP contribution is -2.39. The van der Waals surface area contributed by atoms with Gasteiger partial charge < -0.3 is 10.0 Å². The summed E-state index contributed by atoms with van der Waals surface area (Å²) < 4.78 is 26.1. The second-order valence-corrected chi connectivity index (χ2v) is 5.07. The minimum atomic E-state index is -1.09. The van der Waals surface area contributed by atoms with Crippen LogP contribution >= 0.6 is 11.6 Å². The van der Waals surface area contributed by atoms with E-state index >= 15 is 0 Å². The van der Waals surface area contributed by atoms with Crippen molar-refractivity contribution in [2.45, 2.75) is 12.8 Å². The van der Waals surface area contributed by atoms with Crippen LogP contribution in [-0.4, -0.2) is 35.6 Å². The van der Waals surface area contributed by atoms with Gasteiger partial charge in [0, 0.05) is 19.7 Å². The average Bonchev–Trinajstić information content (AvgIpc) is 2.42. The maximum absolute atomic E-state index is 13.2. The van der Waals surface area contributed by atoms with Crippen LogP contribution in [0.1, 0.15) is 23.2 Å². The Morgan fingerprint density at radius 3 is 2.47 bits per heavy atom. The third-order valence-electron chi connectivity index (χ3n) is 3.40. The van der Waals surface area contributed by atoms with Crippen molar-refractivity contribution in [3.8, 4) is 0 Å². The number of rotatable bonds is 2. The van der Waals surface area contributed by atoms with E-state index in [2.05, 4.69) is 0 Å². The van der Waals surface area contributed by atoms with E-state index in [1.165, 1.54) is 0 Å². The van der Waals surface area contributed by atoms with Crippen LogP contribution in [0.2, 0.25) is 5.02 Å². The van der Waals surface area contributed by atoms with E-state index in [0.717, 1.165) is 12.1 Å². The molecule has 19 heavy (non-hydrogen) atoms. The summed E-state index contributed by atoms with van der Waals surface area (Å²) in [5.74, 6) is -2.36. The van der Waals surface area contributed by atoms with Crippen molar-refractivity contribution in [2.24, 2.45) is 5.92 Å². The number of piperidine rings is 1. The Hall–Kier alpha value is -1.20. The van der Waals surface area contributed by atoms with Gasteiger partial charge in [0.1, 0.15) is 0 Å². The number of halogens is 3. The Morgan fingerprint density at radius 1 is 1.32 bits per heavy atom. The van der Waals surface area contributed by atoms with Gasteiger partial charge in [0.25, 0.3) is 5.91 Å². The Balaban J connectivity index is 2.14. The molecule has 0 aliphatic carbocycles. The third-order valence-corrected chi connectivity index (χ3v) is 3.71. The first-order chi connectivity index (χ1) is 9.02. The predicted octanol–water partition coefficient (Wildman–Crippen LogP) is 2.46. The highest BCUT2D eigenvalue weighted by Gasteiger charge is 2.25. The van der Waals surface area contributed by atoms with E-state index in [1.807, 2.05) is 0 Å². The molecule has 1 amide bonds. The second kappa shape index (κ2) is 5.84. The quantitative estimate of drug-likeness (QED) is 0.850. The van der Waals surface area contributed by atoms with Crippen LogP contribution in [0.5, 0.6) is 0 Å². The Bertz CT molecular complexity index is 488. The van der Waals surface area contributed by atoms with Crippen LogP contribution < -0.4 is 0 Å². The fourth-order valence-electron chi connectivity index (χ4n) is 2.18. The summed E-state index contributed by atoms with van der Waals surface area (Å²) in [6.45, 7) is 1.08.